The highest BCUT2D eigenvalue weighted by atomic mass is 19.4. The number of alkyl halides is 3. The molecule has 1 aromatic rings. The van der Waals surface area contributed by atoms with E-state index in [1.807, 2.05) is 0 Å². The molecule has 1 rings (SSSR count). The van der Waals surface area contributed by atoms with Gasteiger partial charge in [0.15, 0.2) is 5.76 Å². The lowest BCUT2D eigenvalue weighted by atomic mass is 10.3. The molecule has 0 spiro atoms. The largest absolute Gasteiger partial charge is 0.478 e. The van der Waals surface area contributed by atoms with E-state index in [9.17, 15) is 22.8 Å². The number of hydrogen-bond donors (Lipinski definition) is 1. The summed E-state index contributed by atoms with van der Waals surface area (Å²) in [6, 6.07) is 0.872. The van der Waals surface area contributed by atoms with E-state index in [0.717, 1.165) is 18.4 Å². The quantitative estimate of drug-likeness (QED) is 0.837. The Hall–Kier alpha value is -2.25. The third kappa shape index (κ3) is 4.16. The van der Waals surface area contributed by atoms with Gasteiger partial charge in [-0.05, 0) is 0 Å². The van der Waals surface area contributed by atoms with Gasteiger partial charge in [-0.25, -0.2) is 4.79 Å². The second kappa shape index (κ2) is 5.59. The highest BCUT2D eigenvalue weighted by Crippen LogP contribution is 2.19. The third-order valence-corrected chi connectivity index (χ3v) is 2.06. The van der Waals surface area contributed by atoms with Crippen LogP contribution in [0, 0.1) is 0 Å². The van der Waals surface area contributed by atoms with Crippen molar-refractivity contribution in [3.63, 3.8) is 0 Å². The fourth-order valence-corrected chi connectivity index (χ4v) is 1.31. The molecule has 104 valence electrons. The van der Waals surface area contributed by atoms with Crippen LogP contribution in [0.3, 0.4) is 0 Å². The van der Waals surface area contributed by atoms with Crippen LogP contribution in [0.5, 0.6) is 0 Å². The first-order valence-corrected chi connectivity index (χ1v) is 5.03. The maximum absolute atomic E-state index is 12.3. The Kier molecular flexibility index (Phi) is 4.36. The summed E-state index contributed by atoms with van der Waals surface area (Å²) in [5.41, 5.74) is -0.311. The average molecular weight is 277 g/mol. The zero-order valence-electron chi connectivity index (χ0n) is 9.61. The number of aromatic carboxylic acids is 1. The summed E-state index contributed by atoms with van der Waals surface area (Å²) in [5.74, 6) is -2.86. The number of carbonyl (C=O) groups excluding carboxylic acids is 1. The first kappa shape index (κ1) is 14.8. The standard InChI is InChI=1S/C11H10F3NO4/c1-2-3-15(6-11(12,13)14)9(16)8-4-7(5-19-8)10(17)18/h2,4-5H,1,3,6H2,(H,17,18). The van der Waals surface area contributed by atoms with Gasteiger partial charge in [0.25, 0.3) is 5.91 Å². The van der Waals surface area contributed by atoms with E-state index in [1.54, 1.807) is 0 Å². The molecular weight excluding hydrogens is 267 g/mol. The van der Waals surface area contributed by atoms with E-state index >= 15 is 0 Å². The highest BCUT2D eigenvalue weighted by molar-refractivity contribution is 5.95. The lowest BCUT2D eigenvalue weighted by Crippen LogP contribution is -2.38. The monoisotopic (exact) mass is 277 g/mol. The van der Waals surface area contributed by atoms with Crippen LogP contribution in [0.4, 0.5) is 13.2 Å². The molecule has 0 saturated heterocycles. The van der Waals surface area contributed by atoms with Crippen molar-refractivity contribution in [3.8, 4) is 0 Å². The summed E-state index contributed by atoms with van der Waals surface area (Å²) < 4.78 is 41.5. The molecular formula is C11H10F3NO4. The lowest BCUT2D eigenvalue weighted by Gasteiger charge is -2.21. The van der Waals surface area contributed by atoms with Gasteiger partial charge in [-0.15, -0.1) is 6.58 Å². The van der Waals surface area contributed by atoms with Gasteiger partial charge in [0.05, 0.1) is 5.56 Å². The zero-order valence-corrected chi connectivity index (χ0v) is 9.61. The van der Waals surface area contributed by atoms with Crippen LogP contribution in [-0.2, 0) is 0 Å². The summed E-state index contributed by atoms with van der Waals surface area (Å²) >= 11 is 0. The van der Waals surface area contributed by atoms with Crippen molar-refractivity contribution < 1.29 is 32.3 Å². The number of halogens is 3. The van der Waals surface area contributed by atoms with Gasteiger partial charge < -0.3 is 14.4 Å². The molecule has 0 bridgehead atoms. The summed E-state index contributed by atoms with van der Waals surface area (Å²) in [5, 5.41) is 8.63. The molecule has 0 fully saturated rings. The zero-order chi connectivity index (χ0) is 14.6. The smallest absolute Gasteiger partial charge is 0.406 e. The van der Waals surface area contributed by atoms with Gasteiger partial charge in [0.1, 0.15) is 12.8 Å². The molecule has 1 heterocycles. The normalized spacial score (nSPS) is 11.1. The van der Waals surface area contributed by atoms with Crippen LogP contribution in [0.15, 0.2) is 29.4 Å². The van der Waals surface area contributed by atoms with E-state index in [1.165, 1.54) is 0 Å². The van der Waals surface area contributed by atoms with Crippen molar-refractivity contribution in [2.75, 3.05) is 13.1 Å². The molecule has 0 unspecified atom stereocenters. The van der Waals surface area contributed by atoms with Gasteiger partial charge in [-0.2, -0.15) is 13.2 Å². The molecule has 19 heavy (non-hydrogen) atoms. The minimum Gasteiger partial charge on any atom is -0.478 e. The van der Waals surface area contributed by atoms with Gasteiger partial charge in [0, 0.05) is 12.6 Å². The van der Waals surface area contributed by atoms with E-state index < -0.39 is 30.4 Å². The van der Waals surface area contributed by atoms with Crippen LogP contribution < -0.4 is 0 Å². The molecule has 0 aromatic carbocycles. The SMILES string of the molecule is C=CCN(CC(F)(F)F)C(=O)c1cc(C(=O)O)co1. The van der Waals surface area contributed by atoms with Gasteiger partial charge in [-0.3, -0.25) is 4.79 Å². The molecule has 5 nitrogen and oxygen atoms in total. The Balaban J connectivity index is 2.92. The summed E-state index contributed by atoms with van der Waals surface area (Å²) in [4.78, 5) is 22.8. The Bertz CT molecular complexity index is 492. The van der Waals surface area contributed by atoms with Crippen molar-refractivity contribution in [2.24, 2.45) is 0 Å². The van der Waals surface area contributed by atoms with Crippen LogP contribution in [0.1, 0.15) is 20.9 Å². The minimum atomic E-state index is -4.57. The molecule has 1 N–H and O–H groups in total. The van der Waals surface area contributed by atoms with Crippen LogP contribution in [0.25, 0.3) is 0 Å². The Morgan fingerprint density at radius 3 is 2.53 bits per heavy atom. The van der Waals surface area contributed by atoms with Crippen molar-refractivity contribution in [2.45, 2.75) is 6.18 Å². The topological polar surface area (TPSA) is 70.8 Å². The predicted octanol–water partition coefficient (Wildman–Crippen LogP) is 2.17. The molecule has 1 amide bonds. The third-order valence-electron chi connectivity index (χ3n) is 2.06. The average Bonchev–Trinajstić information content (AvgIpc) is 2.75. The van der Waals surface area contributed by atoms with E-state index in [-0.39, 0.29) is 12.1 Å². The van der Waals surface area contributed by atoms with Crippen molar-refractivity contribution in [1.29, 1.82) is 0 Å². The summed E-state index contributed by atoms with van der Waals surface area (Å²) in [6.07, 6.45) is -2.65. The fraction of sp³-hybridized carbons (Fsp3) is 0.273. The second-order valence-electron chi connectivity index (χ2n) is 3.59. The number of amides is 1. The molecule has 0 saturated carbocycles. The van der Waals surface area contributed by atoms with Gasteiger partial charge in [0.2, 0.25) is 0 Å². The number of carboxylic acid groups (broad SMARTS) is 1. The fourth-order valence-electron chi connectivity index (χ4n) is 1.31. The molecule has 0 aliphatic carbocycles. The number of carbonyl (C=O) groups is 2. The second-order valence-corrected chi connectivity index (χ2v) is 3.59. The number of nitrogens with zero attached hydrogens (tertiary/aromatic N) is 1. The Morgan fingerprint density at radius 1 is 1.47 bits per heavy atom. The molecule has 1 aromatic heterocycles. The summed E-state index contributed by atoms with van der Waals surface area (Å²) in [7, 11) is 0. The van der Waals surface area contributed by atoms with Gasteiger partial charge >= 0.3 is 12.1 Å². The van der Waals surface area contributed by atoms with Crippen LogP contribution >= 0.6 is 0 Å². The van der Waals surface area contributed by atoms with Crippen LogP contribution in [0.2, 0.25) is 0 Å². The molecule has 8 heteroatoms. The summed E-state index contributed by atoms with van der Waals surface area (Å²) in [6.45, 7) is 1.45. The molecule has 0 aliphatic rings. The minimum absolute atomic E-state index is 0.311. The highest BCUT2D eigenvalue weighted by Gasteiger charge is 2.33. The van der Waals surface area contributed by atoms with Crippen molar-refractivity contribution in [3.05, 3.63) is 36.3 Å². The van der Waals surface area contributed by atoms with Crippen molar-refractivity contribution in [1.82, 2.24) is 4.90 Å². The lowest BCUT2D eigenvalue weighted by molar-refractivity contribution is -0.139. The molecule has 0 radical (unpaired) electrons. The van der Waals surface area contributed by atoms with Gasteiger partial charge in [-0.1, -0.05) is 6.08 Å². The molecule has 0 atom stereocenters. The van der Waals surface area contributed by atoms with E-state index in [2.05, 4.69) is 11.0 Å². The Labute approximate surface area is 105 Å². The first-order valence-electron chi connectivity index (χ1n) is 5.03. The maximum Gasteiger partial charge on any atom is 0.406 e. The first-order chi connectivity index (χ1) is 8.74. The van der Waals surface area contributed by atoms with E-state index in [4.69, 9.17) is 5.11 Å². The predicted molar refractivity (Wildman–Crippen MR) is 57.8 cm³/mol. The number of hydrogen-bond acceptors (Lipinski definition) is 3. The van der Waals surface area contributed by atoms with Crippen LogP contribution in [-0.4, -0.2) is 41.1 Å². The molecule has 0 aliphatic heterocycles. The van der Waals surface area contributed by atoms with Crippen molar-refractivity contribution >= 4 is 11.9 Å². The number of carboxylic acids is 1. The number of furan rings is 1. The Morgan fingerprint density at radius 2 is 2.11 bits per heavy atom. The van der Waals surface area contributed by atoms with E-state index in [0.29, 0.717) is 4.90 Å². The number of rotatable bonds is 5. The maximum atomic E-state index is 12.3.